The fourth-order valence-corrected chi connectivity index (χ4v) is 1.59. The van der Waals surface area contributed by atoms with Gasteiger partial charge in [-0.05, 0) is 19.1 Å². The van der Waals surface area contributed by atoms with Gasteiger partial charge in [0, 0.05) is 19.2 Å². The number of benzene rings is 1. The Morgan fingerprint density at radius 3 is 2.90 bits per heavy atom. The molecule has 0 unspecified atom stereocenters. The fourth-order valence-electron chi connectivity index (χ4n) is 1.59. The lowest BCUT2D eigenvalue weighted by atomic mass is 10.1. The van der Waals surface area contributed by atoms with E-state index in [1.165, 1.54) is 13.2 Å². The van der Waals surface area contributed by atoms with Crippen LogP contribution in [0.25, 0.3) is 6.08 Å². The lowest BCUT2D eigenvalue weighted by Gasteiger charge is -2.08. The van der Waals surface area contributed by atoms with Crippen LogP contribution in [0.4, 0.5) is 0 Å². The molecule has 1 aromatic carbocycles. The van der Waals surface area contributed by atoms with Crippen LogP contribution in [0.1, 0.15) is 12.5 Å². The molecule has 0 aliphatic heterocycles. The molecule has 0 saturated carbocycles. The molecule has 0 spiro atoms. The molecule has 1 rings (SSSR count). The van der Waals surface area contributed by atoms with Gasteiger partial charge in [0.05, 0.1) is 13.2 Å². The normalized spacial score (nSPS) is 10.8. The summed E-state index contributed by atoms with van der Waals surface area (Å²) in [5.74, 6) is -0.309. The van der Waals surface area contributed by atoms with E-state index in [0.29, 0.717) is 31.1 Å². The Kier molecular flexibility index (Phi) is 6.78. The van der Waals surface area contributed by atoms with Crippen molar-refractivity contribution in [2.24, 2.45) is 0 Å². The number of hydrogen-bond acceptors (Lipinski definition) is 5. The van der Waals surface area contributed by atoms with Gasteiger partial charge in [-0.3, -0.25) is 4.79 Å². The van der Waals surface area contributed by atoms with Gasteiger partial charge < -0.3 is 19.9 Å². The van der Waals surface area contributed by atoms with Crippen LogP contribution >= 0.6 is 0 Å². The van der Waals surface area contributed by atoms with Crippen LogP contribution in [-0.4, -0.2) is 37.9 Å². The molecule has 0 bridgehead atoms. The summed E-state index contributed by atoms with van der Waals surface area (Å²) >= 11 is 0. The number of phenolic OH excluding ortho intramolecular Hbond substituents is 1. The number of aromatic hydroxyl groups is 1. The molecule has 6 heteroatoms. The third-order valence-corrected chi connectivity index (χ3v) is 2.59. The van der Waals surface area contributed by atoms with E-state index in [4.69, 9.17) is 14.7 Å². The van der Waals surface area contributed by atoms with E-state index >= 15 is 0 Å². The van der Waals surface area contributed by atoms with Crippen LogP contribution in [0.2, 0.25) is 0 Å². The lowest BCUT2D eigenvalue weighted by molar-refractivity contribution is -0.117. The number of amides is 1. The number of para-hydroxylation sites is 1. The predicted molar refractivity (Wildman–Crippen MR) is 77.8 cm³/mol. The zero-order chi connectivity index (χ0) is 15.7. The first-order valence-electron chi connectivity index (χ1n) is 6.47. The average molecular weight is 290 g/mol. The van der Waals surface area contributed by atoms with Crippen molar-refractivity contribution in [1.29, 1.82) is 5.26 Å². The van der Waals surface area contributed by atoms with Crippen molar-refractivity contribution >= 4 is 12.0 Å². The summed E-state index contributed by atoms with van der Waals surface area (Å²) in [5.41, 5.74) is 0.245. The number of nitriles is 1. The van der Waals surface area contributed by atoms with Crippen LogP contribution in [0, 0.1) is 11.3 Å². The number of phenols is 1. The van der Waals surface area contributed by atoms with Crippen LogP contribution in [0.3, 0.4) is 0 Å². The molecule has 0 saturated heterocycles. The van der Waals surface area contributed by atoms with Crippen molar-refractivity contribution in [3.05, 3.63) is 29.3 Å². The molecule has 0 fully saturated rings. The Labute approximate surface area is 123 Å². The van der Waals surface area contributed by atoms with Crippen LogP contribution < -0.4 is 10.1 Å². The molecular weight excluding hydrogens is 272 g/mol. The van der Waals surface area contributed by atoms with Gasteiger partial charge in [0.2, 0.25) is 0 Å². The maximum Gasteiger partial charge on any atom is 0.262 e. The molecule has 0 aliphatic rings. The van der Waals surface area contributed by atoms with Crippen molar-refractivity contribution in [2.75, 3.05) is 26.9 Å². The van der Waals surface area contributed by atoms with E-state index in [9.17, 15) is 9.90 Å². The lowest BCUT2D eigenvalue weighted by Crippen LogP contribution is -2.27. The van der Waals surface area contributed by atoms with E-state index < -0.39 is 5.91 Å². The zero-order valence-electron chi connectivity index (χ0n) is 12.0. The van der Waals surface area contributed by atoms with Gasteiger partial charge in [-0.25, -0.2) is 0 Å². The van der Waals surface area contributed by atoms with Gasteiger partial charge in [-0.15, -0.1) is 0 Å². The number of carbonyl (C=O) groups is 1. The van der Waals surface area contributed by atoms with Crippen molar-refractivity contribution in [3.8, 4) is 17.6 Å². The second-order valence-electron chi connectivity index (χ2n) is 4.05. The first-order chi connectivity index (χ1) is 10.1. The van der Waals surface area contributed by atoms with Crippen molar-refractivity contribution in [3.63, 3.8) is 0 Å². The first kappa shape index (κ1) is 16.5. The summed E-state index contributed by atoms with van der Waals surface area (Å²) in [6.45, 7) is 2.87. The van der Waals surface area contributed by atoms with Gasteiger partial charge >= 0.3 is 0 Å². The van der Waals surface area contributed by atoms with Crippen molar-refractivity contribution in [2.45, 2.75) is 6.92 Å². The Balaban J connectivity index is 2.95. The number of rotatable bonds is 7. The highest BCUT2D eigenvalue weighted by atomic mass is 16.5. The van der Waals surface area contributed by atoms with E-state index in [2.05, 4.69) is 5.32 Å². The second-order valence-corrected chi connectivity index (χ2v) is 4.05. The van der Waals surface area contributed by atoms with Crippen molar-refractivity contribution < 1.29 is 19.4 Å². The van der Waals surface area contributed by atoms with Crippen LogP contribution in [0.5, 0.6) is 11.5 Å². The summed E-state index contributed by atoms with van der Waals surface area (Å²) in [6.07, 6.45) is 1.32. The molecule has 21 heavy (non-hydrogen) atoms. The fraction of sp³-hybridized carbons (Fsp3) is 0.333. The predicted octanol–water partition coefficient (Wildman–Crippen LogP) is 1.46. The van der Waals surface area contributed by atoms with Gasteiger partial charge in [-0.1, -0.05) is 12.1 Å². The minimum Gasteiger partial charge on any atom is -0.504 e. The summed E-state index contributed by atoms with van der Waals surface area (Å²) < 4.78 is 10.1. The van der Waals surface area contributed by atoms with Crippen LogP contribution in [0.15, 0.2) is 23.8 Å². The molecule has 0 radical (unpaired) electrons. The summed E-state index contributed by atoms with van der Waals surface area (Å²) in [7, 11) is 1.52. The molecule has 0 atom stereocenters. The first-order valence-corrected chi connectivity index (χ1v) is 6.47. The van der Waals surface area contributed by atoms with Gasteiger partial charge in [0.25, 0.3) is 5.91 Å². The Morgan fingerprint density at radius 1 is 1.52 bits per heavy atom. The number of hydrogen-bond donors (Lipinski definition) is 2. The molecule has 2 N–H and O–H groups in total. The molecule has 1 amide bonds. The Bertz CT molecular complexity index is 561. The molecule has 1 aromatic rings. The average Bonchev–Trinajstić information content (AvgIpc) is 2.48. The van der Waals surface area contributed by atoms with E-state index in [1.807, 2.05) is 6.07 Å². The highest BCUT2D eigenvalue weighted by Gasteiger charge is 2.11. The van der Waals surface area contributed by atoms with Gasteiger partial charge in [0.15, 0.2) is 11.5 Å². The minimum atomic E-state index is -0.518. The minimum absolute atomic E-state index is 0.100. The van der Waals surface area contributed by atoms with E-state index in [0.717, 1.165) is 0 Å². The largest absolute Gasteiger partial charge is 0.504 e. The van der Waals surface area contributed by atoms with E-state index in [-0.39, 0.29) is 11.3 Å². The number of nitrogens with one attached hydrogen (secondary N) is 1. The number of nitrogens with zero attached hydrogens (tertiary/aromatic N) is 1. The maximum atomic E-state index is 11.8. The smallest absolute Gasteiger partial charge is 0.262 e. The molecule has 112 valence electrons. The van der Waals surface area contributed by atoms with E-state index in [1.54, 1.807) is 25.1 Å². The molecular formula is C15H18N2O4. The summed E-state index contributed by atoms with van der Waals surface area (Å²) in [4.78, 5) is 11.8. The number of carbonyl (C=O) groups excluding carboxylic acids is 1. The Morgan fingerprint density at radius 2 is 2.29 bits per heavy atom. The second kappa shape index (κ2) is 8.61. The topological polar surface area (TPSA) is 91.6 Å². The molecule has 6 nitrogen and oxygen atoms in total. The quantitative estimate of drug-likeness (QED) is 0.450. The molecule has 0 heterocycles. The Hall–Kier alpha value is -2.52. The number of ether oxygens (including phenoxy) is 2. The summed E-state index contributed by atoms with van der Waals surface area (Å²) in [6, 6.07) is 6.69. The monoisotopic (exact) mass is 290 g/mol. The number of methoxy groups -OCH3 is 1. The highest BCUT2D eigenvalue weighted by Crippen LogP contribution is 2.31. The zero-order valence-corrected chi connectivity index (χ0v) is 12.0. The standard InChI is InChI=1S/C15H18N2O4/c1-3-21-13-6-4-5-11(14(13)18)9-12(10-16)15(19)17-7-8-20-2/h4-6,9,18H,3,7-8H2,1-2H3,(H,17,19)/b12-9+. The third-order valence-electron chi connectivity index (χ3n) is 2.59. The third kappa shape index (κ3) is 4.82. The van der Waals surface area contributed by atoms with Crippen molar-refractivity contribution in [1.82, 2.24) is 5.32 Å². The summed E-state index contributed by atoms with van der Waals surface area (Å²) in [5, 5.41) is 21.6. The van der Waals surface area contributed by atoms with Crippen LogP contribution in [-0.2, 0) is 9.53 Å². The molecule has 0 aromatic heterocycles. The van der Waals surface area contributed by atoms with Gasteiger partial charge in [0.1, 0.15) is 11.6 Å². The highest BCUT2D eigenvalue weighted by molar-refractivity contribution is 6.02. The maximum absolute atomic E-state index is 11.8. The molecule has 0 aliphatic carbocycles. The van der Waals surface area contributed by atoms with Gasteiger partial charge in [-0.2, -0.15) is 5.26 Å². The SMILES string of the molecule is CCOc1cccc(/C=C(\C#N)C(=O)NCCOC)c1O.